The van der Waals surface area contributed by atoms with Gasteiger partial charge in [0.25, 0.3) is 0 Å². The zero-order valence-electron chi connectivity index (χ0n) is 4.50. The van der Waals surface area contributed by atoms with E-state index in [-0.39, 0.29) is 0 Å². The molecule has 1 aliphatic heterocycles. The molecule has 8 heavy (non-hydrogen) atoms. The van der Waals surface area contributed by atoms with Crippen LogP contribution in [0.15, 0.2) is 36.6 Å². The molecule has 40 valence electrons. The predicted molar refractivity (Wildman–Crippen MR) is 33.5 cm³/mol. The van der Waals surface area contributed by atoms with Crippen molar-refractivity contribution >= 4 is 6.29 Å². The third kappa shape index (κ3) is 0.936. The van der Waals surface area contributed by atoms with Crippen molar-refractivity contribution in [1.82, 2.24) is 0 Å². The van der Waals surface area contributed by atoms with Gasteiger partial charge in [-0.25, -0.2) is 4.42 Å². The van der Waals surface area contributed by atoms with E-state index in [0.29, 0.717) is 0 Å². The summed E-state index contributed by atoms with van der Waals surface area (Å²) >= 11 is 0. The van der Waals surface area contributed by atoms with Gasteiger partial charge in [-0.3, -0.25) is 0 Å². The Morgan fingerprint density at radius 1 is 1.62 bits per heavy atom. The van der Waals surface area contributed by atoms with Gasteiger partial charge in [-0.15, -0.1) is 0 Å². The minimum absolute atomic E-state index is 0.847. The number of carbonyl (C=O) groups excluding carboxylic acids is 1. The van der Waals surface area contributed by atoms with Gasteiger partial charge in [0, 0.05) is 12.2 Å². The van der Waals surface area contributed by atoms with Crippen molar-refractivity contribution < 1.29 is 4.42 Å². The molecule has 0 atom stereocenters. The predicted octanol–water partition coefficient (Wildman–Crippen LogP) is 1.36. The molecule has 0 aromatic rings. The third-order valence-electron chi connectivity index (χ3n) is 0.825. The molecule has 1 heteroatoms. The largest absolute Gasteiger partial charge is 0.352 e. The lowest BCUT2D eigenvalue weighted by molar-refractivity contribution is -0.380. The molecule has 0 bridgehead atoms. The van der Waals surface area contributed by atoms with Gasteiger partial charge < -0.3 is 0 Å². The van der Waals surface area contributed by atoms with Crippen molar-refractivity contribution in [3.63, 3.8) is 0 Å². The maximum absolute atomic E-state index is 4.95. The molecule has 0 unspecified atom stereocenters. The third-order valence-corrected chi connectivity index (χ3v) is 0.825. The molecule has 0 aromatic heterocycles. The summed E-state index contributed by atoms with van der Waals surface area (Å²) in [7, 11) is 0. The molecule has 0 saturated carbocycles. The number of rotatable bonds is 1. The first-order valence-electron chi connectivity index (χ1n) is 2.43. The number of hydrogen-bond donors (Lipinski definition) is 0. The van der Waals surface area contributed by atoms with Crippen molar-refractivity contribution in [2.45, 2.75) is 0 Å². The van der Waals surface area contributed by atoms with E-state index >= 15 is 0 Å². The Hall–Kier alpha value is -1.11. The molecular formula is C7H7O+. The minimum atomic E-state index is 0.847. The summed E-state index contributed by atoms with van der Waals surface area (Å²) in [5.74, 6) is 0.847. The van der Waals surface area contributed by atoms with E-state index in [0.717, 1.165) is 5.76 Å². The van der Waals surface area contributed by atoms with Gasteiger partial charge in [-0.05, 0) is 0 Å². The summed E-state index contributed by atoms with van der Waals surface area (Å²) in [6.45, 7) is 3.52. The molecule has 1 heterocycles. The van der Waals surface area contributed by atoms with E-state index in [9.17, 15) is 0 Å². The van der Waals surface area contributed by atoms with Crippen LogP contribution < -0.4 is 0 Å². The fraction of sp³-hybridized carbons (Fsp3) is 0. The lowest BCUT2D eigenvalue weighted by atomic mass is 10.4. The molecule has 0 N–H and O–H groups in total. The van der Waals surface area contributed by atoms with Crippen molar-refractivity contribution in [3.8, 4) is 0 Å². The standard InChI is InChI=1S/C7H7O/c1-2-4-7-5-3-6-8-7/h2-6H,1H2/q+1. The maximum Gasteiger partial charge on any atom is 0.352 e. The number of allylic oxidation sites excluding steroid dienone is 4. The Morgan fingerprint density at radius 2 is 2.50 bits per heavy atom. The lowest BCUT2D eigenvalue weighted by Crippen LogP contribution is -1.67. The van der Waals surface area contributed by atoms with E-state index in [1.807, 2.05) is 12.2 Å². The average molecular weight is 107 g/mol. The second kappa shape index (κ2) is 2.26. The van der Waals surface area contributed by atoms with E-state index in [4.69, 9.17) is 4.42 Å². The summed E-state index contributed by atoms with van der Waals surface area (Å²) < 4.78 is 4.95. The van der Waals surface area contributed by atoms with E-state index in [1.54, 1.807) is 18.4 Å². The molecule has 0 radical (unpaired) electrons. The Morgan fingerprint density at radius 3 is 3.00 bits per heavy atom. The fourth-order valence-corrected chi connectivity index (χ4v) is 0.502. The SMILES string of the molecule is C=CC=C1C=CC=[O+]1. The zero-order chi connectivity index (χ0) is 5.82. The maximum atomic E-state index is 4.95. The molecular weight excluding hydrogens is 100 g/mol. The first-order chi connectivity index (χ1) is 3.93. The van der Waals surface area contributed by atoms with Crippen LogP contribution in [0.1, 0.15) is 0 Å². The quantitative estimate of drug-likeness (QED) is 0.354. The molecule has 0 amide bonds. The number of hydrogen-bond acceptors (Lipinski definition) is 0. The van der Waals surface area contributed by atoms with Crippen LogP contribution in [0.5, 0.6) is 0 Å². The summed E-state index contributed by atoms with van der Waals surface area (Å²) in [6, 6.07) is 0. The van der Waals surface area contributed by atoms with Crippen LogP contribution in [-0.4, -0.2) is 6.29 Å². The molecule has 0 saturated heterocycles. The molecule has 0 aromatic carbocycles. The van der Waals surface area contributed by atoms with Crippen molar-refractivity contribution in [2.75, 3.05) is 0 Å². The van der Waals surface area contributed by atoms with Gasteiger partial charge in [-0.2, -0.15) is 0 Å². The molecule has 0 fully saturated rings. The second-order valence-corrected chi connectivity index (χ2v) is 1.42. The Kier molecular flexibility index (Phi) is 1.42. The van der Waals surface area contributed by atoms with Crippen molar-refractivity contribution in [2.24, 2.45) is 0 Å². The molecule has 1 nitrogen and oxygen atoms in total. The number of aldehydes is 1. The summed E-state index contributed by atoms with van der Waals surface area (Å²) in [6.07, 6.45) is 8.85. The van der Waals surface area contributed by atoms with Crippen LogP contribution in [0.25, 0.3) is 0 Å². The first kappa shape index (κ1) is 5.04. The summed E-state index contributed by atoms with van der Waals surface area (Å²) in [5, 5.41) is 0. The topological polar surface area (TPSA) is 11.3 Å². The van der Waals surface area contributed by atoms with Gasteiger partial charge in [0.15, 0.2) is 0 Å². The monoisotopic (exact) mass is 107 g/mol. The van der Waals surface area contributed by atoms with Gasteiger partial charge in [0.2, 0.25) is 0 Å². The Labute approximate surface area is 48.3 Å². The van der Waals surface area contributed by atoms with Crippen molar-refractivity contribution in [3.05, 3.63) is 36.6 Å². The van der Waals surface area contributed by atoms with E-state index in [2.05, 4.69) is 6.58 Å². The molecule has 1 rings (SSSR count). The molecule has 1 aliphatic rings. The highest BCUT2D eigenvalue weighted by Crippen LogP contribution is 1.97. The van der Waals surface area contributed by atoms with Gasteiger partial charge >= 0.3 is 12.0 Å². The van der Waals surface area contributed by atoms with Gasteiger partial charge in [0.05, 0.1) is 6.08 Å². The van der Waals surface area contributed by atoms with Crippen LogP contribution in [0.2, 0.25) is 0 Å². The highest BCUT2D eigenvalue weighted by molar-refractivity contribution is 5.68. The summed E-state index contributed by atoms with van der Waals surface area (Å²) in [5.41, 5.74) is 0. The minimum Gasteiger partial charge on any atom is -0.216 e. The second-order valence-electron chi connectivity index (χ2n) is 1.42. The molecule has 0 aliphatic carbocycles. The van der Waals surface area contributed by atoms with Gasteiger partial charge in [0.1, 0.15) is 0 Å². The Balaban J connectivity index is 2.74. The van der Waals surface area contributed by atoms with Crippen LogP contribution in [0, 0.1) is 0 Å². The average Bonchev–Trinajstić information content (AvgIpc) is 2.19. The Bertz CT molecular complexity index is 159. The highest BCUT2D eigenvalue weighted by atomic mass is 16.4. The van der Waals surface area contributed by atoms with Crippen LogP contribution >= 0.6 is 0 Å². The van der Waals surface area contributed by atoms with Crippen LogP contribution in [0.4, 0.5) is 0 Å². The van der Waals surface area contributed by atoms with E-state index in [1.165, 1.54) is 0 Å². The highest BCUT2D eigenvalue weighted by Gasteiger charge is 2.03. The summed E-state index contributed by atoms with van der Waals surface area (Å²) in [4.78, 5) is 0. The molecule has 0 spiro atoms. The van der Waals surface area contributed by atoms with E-state index < -0.39 is 0 Å². The fourth-order valence-electron chi connectivity index (χ4n) is 0.502. The van der Waals surface area contributed by atoms with Crippen LogP contribution in [0.3, 0.4) is 0 Å². The normalized spacial score (nSPS) is 20.2. The smallest absolute Gasteiger partial charge is 0.216 e. The van der Waals surface area contributed by atoms with Crippen LogP contribution in [-0.2, 0) is 4.42 Å². The first-order valence-corrected chi connectivity index (χ1v) is 2.43. The lowest BCUT2D eigenvalue weighted by Gasteiger charge is -1.65. The van der Waals surface area contributed by atoms with Crippen molar-refractivity contribution in [1.29, 1.82) is 0 Å². The zero-order valence-corrected chi connectivity index (χ0v) is 4.50. The van der Waals surface area contributed by atoms with Gasteiger partial charge in [-0.1, -0.05) is 12.7 Å².